The average Bonchev–Trinajstić information content (AvgIpc) is 1.50. The number of benzene rings is 19. The van der Waals surface area contributed by atoms with Crippen LogP contribution in [0, 0.1) is 0 Å². The van der Waals surface area contributed by atoms with Crippen LogP contribution < -0.4 is 19.6 Å². The number of allylic oxidation sites excluding steroid dienone is 1. The van der Waals surface area contributed by atoms with Crippen LogP contribution in [0.4, 0.5) is 68.2 Å². The lowest BCUT2D eigenvalue weighted by Gasteiger charge is -2.45. The third-order valence-electron chi connectivity index (χ3n) is 26.7. The van der Waals surface area contributed by atoms with Crippen LogP contribution >= 0.6 is 0 Å². The zero-order valence-electron chi connectivity index (χ0n) is 68.2. The minimum atomic E-state index is -0.730. The molecule has 0 saturated carbocycles. The van der Waals surface area contributed by atoms with Gasteiger partial charge < -0.3 is 19.6 Å². The zero-order chi connectivity index (χ0) is 81.8. The Morgan fingerprint density at radius 2 is 0.524 bits per heavy atom. The van der Waals surface area contributed by atoms with E-state index in [0.29, 0.717) is 0 Å². The van der Waals surface area contributed by atoms with Gasteiger partial charge in [-0.3, -0.25) is 0 Å². The lowest BCUT2D eigenvalue weighted by molar-refractivity contribution is 0.752. The van der Waals surface area contributed by atoms with Gasteiger partial charge in [-0.05, 0) is 256 Å². The van der Waals surface area contributed by atoms with Crippen LogP contribution in [0.5, 0.6) is 0 Å². The molecule has 0 atom stereocenters. The van der Waals surface area contributed by atoms with Crippen molar-refractivity contribution in [3.05, 3.63) is 534 Å². The lowest BCUT2D eigenvalue weighted by atomic mass is 9.64. The molecule has 0 saturated heterocycles. The average molecular weight is 1580 g/mol. The van der Waals surface area contributed by atoms with Crippen LogP contribution in [0.25, 0.3) is 83.5 Å². The van der Waals surface area contributed by atoms with E-state index in [1.54, 1.807) is 0 Å². The molecule has 0 unspecified atom stereocenters. The number of hydrogen-bond acceptors (Lipinski definition) is 4. The Hall–Kier alpha value is -15.9. The molecule has 2 aliphatic heterocycles. The molecular formula is C120H82N4. The number of nitrogens with zero attached hydrogens (tertiary/aromatic N) is 4. The first-order valence-corrected chi connectivity index (χ1v) is 43.3. The molecule has 0 bridgehead atoms. The molecule has 4 heteroatoms. The first-order chi connectivity index (χ1) is 61.6. The molecule has 0 radical (unpaired) electrons. The van der Waals surface area contributed by atoms with Crippen LogP contribution in [0.15, 0.2) is 473 Å². The number of anilines is 12. The van der Waals surface area contributed by atoms with E-state index < -0.39 is 10.8 Å². The van der Waals surface area contributed by atoms with Gasteiger partial charge in [-0.25, -0.2) is 0 Å². The van der Waals surface area contributed by atoms with Gasteiger partial charge in [-0.2, -0.15) is 0 Å². The van der Waals surface area contributed by atoms with Crippen molar-refractivity contribution in [3.8, 4) is 77.9 Å². The smallest absolute Gasteiger partial charge is 0.0755 e. The molecule has 5 aliphatic rings. The summed E-state index contributed by atoms with van der Waals surface area (Å²) in [6.07, 6.45) is 4.26. The Morgan fingerprint density at radius 1 is 0.194 bits per heavy atom. The van der Waals surface area contributed by atoms with Gasteiger partial charge in [0.1, 0.15) is 0 Å². The third-order valence-corrected chi connectivity index (χ3v) is 26.7. The lowest BCUT2D eigenvalue weighted by Crippen LogP contribution is -2.36. The van der Waals surface area contributed by atoms with Crippen molar-refractivity contribution < 1.29 is 0 Å². The van der Waals surface area contributed by atoms with Crippen molar-refractivity contribution >= 4 is 73.8 Å². The van der Waals surface area contributed by atoms with Crippen LogP contribution in [0.2, 0.25) is 0 Å². The highest BCUT2D eigenvalue weighted by Crippen LogP contribution is 2.67. The van der Waals surface area contributed by atoms with Gasteiger partial charge in [0.05, 0.1) is 45.0 Å². The Bertz CT molecular complexity index is 7370. The van der Waals surface area contributed by atoms with Gasteiger partial charge in [0.25, 0.3) is 0 Å². The Morgan fingerprint density at radius 3 is 1.01 bits per heavy atom. The molecule has 0 aromatic heterocycles. The molecule has 0 fully saturated rings. The zero-order valence-corrected chi connectivity index (χ0v) is 68.2. The fourth-order valence-corrected chi connectivity index (χ4v) is 21.6. The molecular weight excluding hydrogens is 1500 g/mol. The molecule has 0 N–H and O–H groups in total. The van der Waals surface area contributed by atoms with Crippen LogP contribution in [-0.2, 0) is 17.3 Å². The fourth-order valence-electron chi connectivity index (χ4n) is 21.6. The highest BCUT2D eigenvalue weighted by atomic mass is 15.2. The second-order valence-corrected chi connectivity index (χ2v) is 33.1. The van der Waals surface area contributed by atoms with Crippen molar-refractivity contribution in [1.82, 2.24) is 0 Å². The standard InChI is InChI=1S/C120H82N4/c1-5-36-81(37-6-1)84-42-33-47-88(76-84)121(113-64-27-19-55-103(113)97-51-15-13-49-93(97)82-38-7-2-8-39-82)91-71-74-101-100-54-18-22-59-106(100)120(111(101)79-91)109-62-25-31-68-117(109)124(118-69-32-26-63-110(118)120)89-48-34-43-85(77-89)95-57-35-44-86-78-90(70-73-96(86)95)122(114-65-28-20-56-104(114)98-52-16-14-50-94(98)83-40-9-3-10-41-83)92-72-75-102-99-53-17-21-58-105(99)119(112(102)80-92)107-60-23-29-66-115(107)123(87-45-11-4-12-46-87)116-67-30-24-61-108(116)119/h1-34,36-43,45-80H,35,44H2. The Kier molecular flexibility index (Phi) is 17.2. The number of aryl methyl sites for hydroxylation is 1. The van der Waals surface area contributed by atoms with Crippen molar-refractivity contribution in [2.75, 3.05) is 19.6 Å². The summed E-state index contributed by atoms with van der Waals surface area (Å²) in [6.45, 7) is 0. The molecule has 0 amide bonds. The predicted octanol–water partition coefficient (Wildman–Crippen LogP) is 31.6. The first kappa shape index (κ1) is 72.2. The summed E-state index contributed by atoms with van der Waals surface area (Å²) < 4.78 is 0. The SMILES string of the molecule is C1=C(c2cccc(N3c4ccccc4C4(c5ccccc5-c5ccc(N(c6cccc(-c7ccccc7)c6)c6ccccc6-c6ccccc6-c6ccccc6)cc54)c4ccccc43)c2)c2ccc(N(c3ccc4c(c3)C3(c5ccccc5-4)c4ccccc4N(c4ccccc4)c4ccccc43)c3ccccc3-c3ccccc3-c3ccccc3)cc2CC1. The molecule has 124 heavy (non-hydrogen) atoms. The van der Waals surface area contributed by atoms with Crippen LogP contribution in [0.1, 0.15) is 67.6 Å². The summed E-state index contributed by atoms with van der Waals surface area (Å²) in [4.78, 5) is 10.1. The molecule has 2 spiro atoms. The van der Waals surface area contributed by atoms with Gasteiger partial charge in [0.15, 0.2) is 0 Å². The van der Waals surface area contributed by atoms with E-state index in [-0.39, 0.29) is 0 Å². The second kappa shape index (κ2) is 29.5. The Balaban J connectivity index is 0.644. The predicted molar refractivity (Wildman–Crippen MR) is 516 cm³/mol. The summed E-state index contributed by atoms with van der Waals surface area (Å²) in [5.41, 5.74) is 43.6. The third kappa shape index (κ3) is 11.2. The number of fused-ring (bicyclic) bond motifs is 19. The second-order valence-electron chi connectivity index (χ2n) is 33.1. The summed E-state index contributed by atoms with van der Waals surface area (Å²) in [5.74, 6) is 0. The summed E-state index contributed by atoms with van der Waals surface area (Å²) in [7, 11) is 0. The maximum atomic E-state index is 2.57. The summed E-state index contributed by atoms with van der Waals surface area (Å²) in [6, 6.07) is 175. The highest BCUT2D eigenvalue weighted by molar-refractivity contribution is 6.03. The number of rotatable bonds is 14. The number of hydrogen-bond donors (Lipinski definition) is 0. The largest absolute Gasteiger partial charge is 0.310 e. The first-order valence-electron chi connectivity index (χ1n) is 43.3. The molecule has 2 heterocycles. The maximum absolute atomic E-state index is 2.57. The van der Waals surface area contributed by atoms with E-state index in [2.05, 4.69) is 493 Å². The van der Waals surface area contributed by atoms with Gasteiger partial charge in [0.2, 0.25) is 0 Å². The minimum Gasteiger partial charge on any atom is -0.310 e. The van der Waals surface area contributed by atoms with Gasteiger partial charge in [0, 0.05) is 45.3 Å². The number of para-hydroxylation sites is 7. The monoisotopic (exact) mass is 1580 g/mol. The van der Waals surface area contributed by atoms with Crippen LogP contribution in [-0.4, -0.2) is 0 Å². The van der Waals surface area contributed by atoms with Crippen molar-refractivity contribution in [2.24, 2.45) is 0 Å². The molecule has 4 nitrogen and oxygen atoms in total. The molecule has 582 valence electrons. The van der Waals surface area contributed by atoms with E-state index in [1.807, 2.05) is 0 Å². The van der Waals surface area contributed by atoms with E-state index >= 15 is 0 Å². The summed E-state index contributed by atoms with van der Waals surface area (Å²) >= 11 is 0. The Labute approximate surface area is 724 Å². The van der Waals surface area contributed by atoms with Gasteiger partial charge in [-0.15, -0.1) is 0 Å². The van der Waals surface area contributed by atoms with Crippen LogP contribution in [0.3, 0.4) is 0 Å². The van der Waals surface area contributed by atoms with Crippen molar-refractivity contribution in [3.63, 3.8) is 0 Å². The van der Waals surface area contributed by atoms with Crippen molar-refractivity contribution in [2.45, 2.75) is 23.7 Å². The molecule has 3 aliphatic carbocycles. The fraction of sp³-hybridized carbons (Fsp3) is 0.0333. The van der Waals surface area contributed by atoms with E-state index in [9.17, 15) is 0 Å². The van der Waals surface area contributed by atoms with Gasteiger partial charge >= 0.3 is 0 Å². The summed E-state index contributed by atoms with van der Waals surface area (Å²) in [5, 5.41) is 0. The molecule has 19 aromatic rings. The topological polar surface area (TPSA) is 13.0 Å². The normalized spacial score (nSPS) is 13.6. The maximum Gasteiger partial charge on any atom is 0.0755 e. The quantitative estimate of drug-likeness (QED) is 0.108. The van der Waals surface area contributed by atoms with Gasteiger partial charge in [-0.1, -0.05) is 364 Å². The van der Waals surface area contributed by atoms with E-state index in [4.69, 9.17) is 0 Å². The van der Waals surface area contributed by atoms with E-state index in [1.165, 1.54) is 139 Å². The highest BCUT2D eigenvalue weighted by Gasteiger charge is 2.54. The van der Waals surface area contributed by atoms with E-state index in [0.717, 1.165) is 86.4 Å². The molecule has 24 rings (SSSR count). The molecule has 19 aromatic carbocycles. The minimum absolute atomic E-state index is 0.668. The van der Waals surface area contributed by atoms with Crippen molar-refractivity contribution in [1.29, 1.82) is 0 Å².